The molecule has 0 spiro atoms. The molecule has 2 aromatic rings. The normalized spacial score (nSPS) is 22.6. The maximum absolute atomic E-state index is 6.08. The zero-order chi connectivity index (χ0) is 13.9. The lowest BCUT2D eigenvalue weighted by atomic mass is 9.76. The third kappa shape index (κ3) is 2.80. The maximum atomic E-state index is 6.08. The molecule has 0 radical (unpaired) electrons. The molecule has 1 heterocycles. The van der Waals surface area contributed by atoms with E-state index in [4.69, 9.17) is 17.3 Å². The molecule has 1 aromatic heterocycles. The van der Waals surface area contributed by atoms with Gasteiger partial charge in [0.25, 0.3) is 0 Å². The third-order valence-corrected chi connectivity index (χ3v) is 4.53. The van der Waals surface area contributed by atoms with Crippen LogP contribution in [-0.4, -0.2) is 4.98 Å². The fourth-order valence-corrected chi connectivity index (χ4v) is 3.37. The molecule has 0 bridgehead atoms. The third-order valence-electron chi connectivity index (χ3n) is 4.27. The number of hydrogen-bond acceptors (Lipinski definition) is 2. The van der Waals surface area contributed by atoms with E-state index >= 15 is 0 Å². The molecule has 1 saturated carbocycles. The lowest BCUT2D eigenvalue weighted by molar-refractivity contribution is 0.389. The molecule has 104 valence electrons. The summed E-state index contributed by atoms with van der Waals surface area (Å²) in [4.78, 5) is 4.50. The second kappa shape index (κ2) is 5.84. The van der Waals surface area contributed by atoms with Gasteiger partial charge < -0.3 is 5.73 Å². The van der Waals surface area contributed by atoms with Crippen molar-refractivity contribution in [1.29, 1.82) is 0 Å². The highest BCUT2D eigenvalue weighted by atomic mass is 35.5. The van der Waals surface area contributed by atoms with Gasteiger partial charge in [0.2, 0.25) is 0 Å². The fourth-order valence-electron chi connectivity index (χ4n) is 3.25. The first-order chi connectivity index (χ1) is 9.74. The lowest BCUT2D eigenvalue weighted by Crippen LogP contribution is -2.15. The molecular formula is C17H19ClN2. The van der Waals surface area contributed by atoms with Gasteiger partial charge >= 0.3 is 0 Å². The largest absolute Gasteiger partial charge is 0.397 e. The molecule has 2 nitrogen and oxygen atoms in total. The van der Waals surface area contributed by atoms with E-state index in [1.54, 1.807) is 0 Å². The average Bonchev–Trinajstić information content (AvgIpc) is 2.49. The Hall–Kier alpha value is -1.54. The van der Waals surface area contributed by atoms with Crippen LogP contribution >= 0.6 is 11.6 Å². The molecule has 3 heteroatoms. The summed E-state index contributed by atoms with van der Waals surface area (Å²) in [6.45, 7) is 0. The number of nitrogens with zero attached hydrogens (tertiary/aromatic N) is 1. The number of halogens is 1. The van der Waals surface area contributed by atoms with Crippen LogP contribution in [0.1, 0.15) is 48.8 Å². The van der Waals surface area contributed by atoms with Gasteiger partial charge in [-0.05, 0) is 55.0 Å². The van der Waals surface area contributed by atoms with Crippen LogP contribution in [0, 0.1) is 0 Å². The van der Waals surface area contributed by atoms with Gasteiger partial charge in [-0.2, -0.15) is 0 Å². The van der Waals surface area contributed by atoms with Crippen molar-refractivity contribution in [2.45, 2.75) is 37.5 Å². The van der Waals surface area contributed by atoms with Crippen LogP contribution in [0.15, 0.2) is 42.6 Å². The van der Waals surface area contributed by atoms with Crippen LogP contribution in [0.4, 0.5) is 5.69 Å². The van der Waals surface area contributed by atoms with Crippen LogP contribution in [0.25, 0.3) is 0 Å². The van der Waals surface area contributed by atoms with Crippen molar-refractivity contribution < 1.29 is 0 Å². The Morgan fingerprint density at radius 1 is 1.05 bits per heavy atom. The molecule has 1 fully saturated rings. The minimum atomic E-state index is 0.477. The predicted octanol–water partition coefficient (Wildman–Crippen LogP) is 4.76. The average molecular weight is 287 g/mol. The fraction of sp³-hybridized carbons (Fsp3) is 0.353. The molecule has 20 heavy (non-hydrogen) atoms. The van der Waals surface area contributed by atoms with Crippen molar-refractivity contribution in [2.24, 2.45) is 0 Å². The number of benzene rings is 1. The maximum Gasteiger partial charge on any atom is 0.0663 e. The number of aromatic nitrogens is 1. The molecule has 0 aliphatic heterocycles. The molecule has 0 amide bonds. The Balaban J connectivity index is 1.80. The van der Waals surface area contributed by atoms with E-state index in [0.29, 0.717) is 11.8 Å². The van der Waals surface area contributed by atoms with Crippen LogP contribution in [0.5, 0.6) is 0 Å². The monoisotopic (exact) mass is 286 g/mol. The van der Waals surface area contributed by atoms with Gasteiger partial charge in [0.05, 0.1) is 11.4 Å². The van der Waals surface area contributed by atoms with E-state index in [9.17, 15) is 0 Å². The lowest BCUT2D eigenvalue weighted by Gasteiger charge is -2.29. The number of rotatable bonds is 2. The molecular weight excluding hydrogens is 268 g/mol. The van der Waals surface area contributed by atoms with Gasteiger partial charge in [0.15, 0.2) is 0 Å². The van der Waals surface area contributed by atoms with Crippen LogP contribution in [0.2, 0.25) is 5.02 Å². The van der Waals surface area contributed by atoms with E-state index in [2.05, 4.69) is 17.1 Å². The van der Waals surface area contributed by atoms with Crippen molar-refractivity contribution in [1.82, 2.24) is 4.98 Å². The number of nitrogen functional groups attached to an aromatic ring is 1. The molecule has 2 atom stereocenters. The summed E-state index contributed by atoms with van der Waals surface area (Å²) in [5.74, 6) is 1.07. The first kappa shape index (κ1) is 13.4. The van der Waals surface area contributed by atoms with Crippen molar-refractivity contribution in [3.63, 3.8) is 0 Å². The Kier molecular flexibility index (Phi) is 3.93. The Morgan fingerprint density at radius 2 is 1.80 bits per heavy atom. The molecule has 1 aliphatic carbocycles. The second-order valence-electron chi connectivity index (χ2n) is 5.59. The molecule has 0 saturated heterocycles. The number of nitrogens with two attached hydrogens (primary N) is 1. The standard InChI is InChI=1S/C17H19ClN2/c18-15-8-6-12(7-9-15)13-3-1-4-14(11-13)17-16(19)5-2-10-20-17/h2,5-10,13-14H,1,3-4,11,19H2. The second-order valence-corrected chi connectivity index (χ2v) is 6.03. The highest BCUT2D eigenvalue weighted by Gasteiger charge is 2.26. The van der Waals surface area contributed by atoms with E-state index in [0.717, 1.165) is 22.8 Å². The predicted molar refractivity (Wildman–Crippen MR) is 84.1 cm³/mol. The Bertz CT molecular complexity index is 580. The van der Waals surface area contributed by atoms with E-state index in [-0.39, 0.29) is 0 Å². The van der Waals surface area contributed by atoms with Crippen molar-refractivity contribution >= 4 is 17.3 Å². The van der Waals surface area contributed by atoms with Gasteiger partial charge in [-0.3, -0.25) is 4.98 Å². The smallest absolute Gasteiger partial charge is 0.0663 e. The first-order valence-electron chi connectivity index (χ1n) is 7.20. The molecule has 3 rings (SSSR count). The summed E-state index contributed by atoms with van der Waals surface area (Å²) < 4.78 is 0. The molecule has 1 aromatic carbocycles. The number of hydrogen-bond donors (Lipinski definition) is 1. The van der Waals surface area contributed by atoms with E-state index < -0.39 is 0 Å². The van der Waals surface area contributed by atoms with Gasteiger partial charge in [-0.15, -0.1) is 0 Å². The van der Waals surface area contributed by atoms with Crippen LogP contribution in [-0.2, 0) is 0 Å². The Morgan fingerprint density at radius 3 is 2.55 bits per heavy atom. The van der Waals surface area contributed by atoms with Gasteiger partial charge in [0.1, 0.15) is 0 Å². The van der Waals surface area contributed by atoms with Crippen LogP contribution in [0.3, 0.4) is 0 Å². The number of anilines is 1. The minimum absolute atomic E-state index is 0.477. The minimum Gasteiger partial charge on any atom is -0.397 e. The molecule has 2 unspecified atom stereocenters. The first-order valence-corrected chi connectivity index (χ1v) is 7.57. The summed E-state index contributed by atoms with van der Waals surface area (Å²) in [6, 6.07) is 12.1. The van der Waals surface area contributed by atoms with E-state index in [1.165, 1.54) is 24.8 Å². The quantitative estimate of drug-likeness (QED) is 0.864. The highest BCUT2D eigenvalue weighted by molar-refractivity contribution is 6.30. The SMILES string of the molecule is Nc1cccnc1C1CCCC(c2ccc(Cl)cc2)C1. The van der Waals surface area contributed by atoms with Crippen LogP contribution < -0.4 is 5.73 Å². The molecule has 1 aliphatic rings. The van der Waals surface area contributed by atoms with Gasteiger partial charge in [-0.25, -0.2) is 0 Å². The zero-order valence-electron chi connectivity index (χ0n) is 11.4. The topological polar surface area (TPSA) is 38.9 Å². The summed E-state index contributed by atoms with van der Waals surface area (Å²) in [7, 11) is 0. The van der Waals surface area contributed by atoms with Crippen molar-refractivity contribution in [3.05, 3.63) is 58.9 Å². The van der Waals surface area contributed by atoms with E-state index in [1.807, 2.05) is 30.5 Å². The van der Waals surface area contributed by atoms with Crippen molar-refractivity contribution in [3.8, 4) is 0 Å². The summed E-state index contributed by atoms with van der Waals surface area (Å²) >= 11 is 5.97. The highest BCUT2D eigenvalue weighted by Crippen LogP contribution is 2.42. The summed E-state index contributed by atoms with van der Waals surface area (Å²) in [5, 5.41) is 0.801. The zero-order valence-corrected chi connectivity index (χ0v) is 12.2. The summed E-state index contributed by atoms with van der Waals surface area (Å²) in [6.07, 6.45) is 6.63. The Labute approximate surface area is 125 Å². The molecule has 2 N–H and O–H groups in total. The van der Waals surface area contributed by atoms with Gasteiger partial charge in [0, 0.05) is 17.1 Å². The van der Waals surface area contributed by atoms with Gasteiger partial charge in [-0.1, -0.05) is 30.2 Å². The number of pyridine rings is 1. The summed E-state index contributed by atoms with van der Waals surface area (Å²) in [5.41, 5.74) is 9.36. The van der Waals surface area contributed by atoms with Crippen molar-refractivity contribution in [2.75, 3.05) is 5.73 Å².